The maximum absolute atomic E-state index is 6.02. The van der Waals surface area contributed by atoms with E-state index in [2.05, 4.69) is 20.2 Å². The van der Waals surface area contributed by atoms with E-state index in [1.54, 1.807) is 0 Å². The Bertz CT molecular complexity index is 478. The van der Waals surface area contributed by atoms with Crippen LogP contribution in [-0.4, -0.2) is 40.0 Å². The molecule has 0 spiro atoms. The largest absolute Gasteiger partial charge is 0.394 e. The summed E-state index contributed by atoms with van der Waals surface area (Å²) in [5.41, 5.74) is 7.37. The first-order valence-corrected chi connectivity index (χ1v) is 7.31. The van der Waals surface area contributed by atoms with E-state index in [0.717, 1.165) is 18.2 Å². The summed E-state index contributed by atoms with van der Waals surface area (Å²) in [6, 6.07) is 1.16. The Morgan fingerprint density at radius 2 is 2.16 bits per heavy atom. The molecular formula is C13H20ClN5. The topological polar surface area (TPSA) is 67.1 Å². The Balaban J connectivity index is 1.71. The summed E-state index contributed by atoms with van der Waals surface area (Å²) < 4.78 is 0. The average molecular weight is 282 g/mol. The van der Waals surface area contributed by atoms with Gasteiger partial charge in [0.05, 0.1) is 11.4 Å². The van der Waals surface area contributed by atoms with E-state index in [4.69, 9.17) is 17.3 Å². The van der Waals surface area contributed by atoms with Gasteiger partial charge in [0.1, 0.15) is 0 Å². The number of nitrogens with zero attached hydrogens (tertiary/aromatic N) is 3. The van der Waals surface area contributed by atoms with Gasteiger partial charge < -0.3 is 16.0 Å². The summed E-state index contributed by atoms with van der Waals surface area (Å²) in [5, 5.41) is 3.71. The molecule has 2 saturated heterocycles. The van der Waals surface area contributed by atoms with E-state index < -0.39 is 0 Å². The lowest BCUT2D eigenvalue weighted by atomic mass is 9.97. The number of hydrogen-bond acceptors (Lipinski definition) is 5. The number of rotatable bonds is 2. The quantitative estimate of drug-likeness (QED) is 0.812. The van der Waals surface area contributed by atoms with Gasteiger partial charge in [-0.05, 0) is 50.8 Å². The van der Waals surface area contributed by atoms with Crippen molar-refractivity contribution in [3.63, 3.8) is 0 Å². The number of halogens is 1. The third-order valence-corrected chi connectivity index (χ3v) is 4.44. The molecule has 2 unspecified atom stereocenters. The molecule has 2 aliphatic heterocycles. The minimum Gasteiger partial charge on any atom is -0.394 e. The first-order chi connectivity index (χ1) is 9.13. The predicted molar refractivity (Wildman–Crippen MR) is 77.4 cm³/mol. The van der Waals surface area contributed by atoms with Crippen LogP contribution in [0.25, 0.3) is 0 Å². The Labute approximate surface area is 118 Å². The fraction of sp³-hybridized carbons (Fsp3) is 0.692. The van der Waals surface area contributed by atoms with E-state index in [1.807, 2.05) is 6.92 Å². The maximum Gasteiger partial charge on any atom is 0.224 e. The number of nitrogens with one attached hydrogen (secondary N) is 1. The van der Waals surface area contributed by atoms with Crippen molar-refractivity contribution in [2.24, 2.45) is 0 Å². The minimum atomic E-state index is 0.257. The molecular weight excluding hydrogens is 262 g/mol. The molecule has 3 rings (SSSR count). The first-order valence-electron chi connectivity index (χ1n) is 6.93. The van der Waals surface area contributed by atoms with Crippen molar-refractivity contribution in [1.82, 2.24) is 14.9 Å². The van der Waals surface area contributed by atoms with Crippen LogP contribution < -0.4 is 11.1 Å². The number of aromatic nitrogens is 2. The smallest absolute Gasteiger partial charge is 0.224 e. The van der Waals surface area contributed by atoms with Crippen LogP contribution in [0.2, 0.25) is 5.28 Å². The normalized spacial score (nSPS) is 27.3. The number of nitrogens with two attached hydrogens (primary N) is 1. The van der Waals surface area contributed by atoms with Crippen molar-refractivity contribution < 1.29 is 0 Å². The lowest BCUT2D eigenvalue weighted by Gasteiger charge is -2.35. The summed E-state index contributed by atoms with van der Waals surface area (Å²) in [4.78, 5) is 10.9. The molecule has 104 valence electrons. The summed E-state index contributed by atoms with van der Waals surface area (Å²) in [6.07, 6.45) is 4.95. The van der Waals surface area contributed by atoms with Crippen molar-refractivity contribution in [2.75, 3.05) is 24.1 Å². The summed E-state index contributed by atoms with van der Waals surface area (Å²) in [7, 11) is 0. The molecule has 2 fully saturated rings. The van der Waals surface area contributed by atoms with E-state index in [1.165, 1.54) is 32.4 Å². The average Bonchev–Trinajstić information content (AvgIpc) is 2.82. The van der Waals surface area contributed by atoms with Crippen LogP contribution in [0.15, 0.2) is 0 Å². The molecule has 3 heterocycles. The van der Waals surface area contributed by atoms with Crippen LogP contribution >= 0.6 is 11.6 Å². The third kappa shape index (κ3) is 2.62. The van der Waals surface area contributed by atoms with Crippen molar-refractivity contribution in [3.8, 4) is 0 Å². The van der Waals surface area contributed by atoms with Gasteiger partial charge in [-0.1, -0.05) is 0 Å². The molecule has 0 bridgehead atoms. The van der Waals surface area contributed by atoms with Gasteiger partial charge in [-0.15, -0.1) is 0 Å². The third-order valence-electron chi connectivity index (χ3n) is 4.27. The fourth-order valence-corrected chi connectivity index (χ4v) is 3.42. The zero-order valence-corrected chi connectivity index (χ0v) is 12.0. The highest BCUT2D eigenvalue weighted by molar-refractivity contribution is 6.28. The highest BCUT2D eigenvalue weighted by Gasteiger charge is 2.31. The molecule has 6 heteroatoms. The van der Waals surface area contributed by atoms with Crippen molar-refractivity contribution in [1.29, 1.82) is 0 Å². The van der Waals surface area contributed by atoms with Crippen molar-refractivity contribution in [2.45, 2.75) is 44.7 Å². The molecule has 0 amide bonds. The second kappa shape index (κ2) is 5.13. The lowest BCUT2D eigenvalue weighted by Crippen LogP contribution is -2.43. The first kappa shape index (κ1) is 12.9. The van der Waals surface area contributed by atoms with Crippen LogP contribution in [0.1, 0.15) is 31.4 Å². The Hall–Kier alpha value is -1.07. The molecule has 0 radical (unpaired) electrons. The summed E-state index contributed by atoms with van der Waals surface area (Å²) in [6.45, 7) is 4.28. The molecule has 5 nitrogen and oxygen atoms in total. The molecule has 2 aliphatic rings. The zero-order chi connectivity index (χ0) is 13.4. The van der Waals surface area contributed by atoms with E-state index in [-0.39, 0.29) is 5.28 Å². The maximum atomic E-state index is 6.02. The van der Waals surface area contributed by atoms with Gasteiger partial charge in [-0.25, -0.2) is 4.98 Å². The van der Waals surface area contributed by atoms with Gasteiger partial charge in [-0.3, -0.25) is 0 Å². The van der Waals surface area contributed by atoms with Gasteiger partial charge in [0.25, 0.3) is 0 Å². The molecule has 3 N–H and O–H groups in total. The monoisotopic (exact) mass is 281 g/mol. The Morgan fingerprint density at radius 3 is 3.00 bits per heavy atom. The number of piperidine rings is 1. The number of aryl methyl sites for hydroxylation is 1. The van der Waals surface area contributed by atoms with Crippen molar-refractivity contribution >= 4 is 23.1 Å². The van der Waals surface area contributed by atoms with E-state index >= 15 is 0 Å². The van der Waals surface area contributed by atoms with E-state index in [9.17, 15) is 0 Å². The highest BCUT2D eigenvalue weighted by Crippen LogP contribution is 2.30. The SMILES string of the molecule is Cc1nc(Cl)nc(NC2CCN3CCCC3C2)c1N. The Kier molecular flexibility index (Phi) is 3.50. The predicted octanol–water partition coefficient (Wildman–Crippen LogP) is 2.06. The zero-order valence-electron chi connectivity index (χ0n) is 11.2. The molecule has 0 aliphatic carbocycles. The number of fused-ring (bicyclic) bond motifs is 1. The van der Waals surface area contributed by atoms with Crippen LogP contribution in [-0.2, 0) is 0 Å². The van der Waals surface area contributed by atoms with Crippen LogP contribution in [0.4, 0.5) is 11.5 Å². The summed E-state index contributed by atoms with van der Waals surface area (Å²) in [5.74, 6) is 0.689. The minimum absolute atomic E-state index is 0.257. The fourth-order valence-electron chi connectivity index (χ4n) is 3.21. The molecule has 0 saturated carbocycles. The number of nitrogen functional groups attached to an aromatic ring is 1. The van der Waals surface area contributed by atoms with Gasteiger partial charge in [-0.2, -0.15) is 4.98 Å². The highest BCUT2D eigenvalue weighted by atomic mass is 35.5. The standard InChI is InChI=1S/C13H20ClN5/c1-8-11(15)12(18-13(14)16-8)17-9-4-6-19-5-2-3-10(19)7-9/h9-10H,2-7,15H2,1H3,(H,16,17,18). The van der Waals surface area contributed by atoms with Crippen LogP contribution in [0.3, 0.4) is 0 Å². The number of anilines is 2. The second-order valence-electron chi connectivity index (χ2n) is 5.54. The van der Waals surface area contributed by atoms with Gasteiger partial charge in [0.15, 0.2) is 5.82 Å². The molecule has 0 aromatic carbocycles. The van der Waals surface area contributed by atoms with E-state index in [0.29, 0.717) is 17.5 Å². The van der Waals surface area contributed by atoms with Gasteiger partial charge in [0.2, 0.25) is 5.28 Å². The van der Waals surface area contributed by atoms with Crippen molar-refractivity contribution in [3.05, 3.63) is 11.0 Å². The molecule has 1 aromatic rings. The molecule has 19 heavy (non-hydrogen) atoms. The van der Waals surface area contributed by atoms with Gasteiger partial charge >= 0.3 is 0 Å². The second-order valence-corrected chi connectivity index (χ2v) is 5.88. The van der Waals surface area contributed by atoms with Gasteiger partial charge in [0, 0.05) is 18.6 Å². The molecule has 1 aromatic heterocycles. The van der Waals surface area contributed by atoms with Crippen LogP contribution in [0.5, 0.6) is 0 Å². The number of hydrogen-bond donors (Lipinski definition) is 2. The Morgan fingerprint density at radius 1 is 1.32 bits per heavy atom. The van der Waals surface area contributed by atoms with Crippen LogP contribution in [0, 0.1) is 6.92 Å². The lowest BCUT2D eigenvalue weighted by molar-refractivity contribution is 0.188. The summed E-state index contributed by atoms with van der Waals surface area (Å²) >= 11 is 5.90. The molecule has 2 atom stereocenters.